The summed E-state index contributed by atoms with van der Waals surface area (Å²) in [6, 6.07) is 6.51. The number of carbonyl (C=O) groups is 1. The van der Waals surface area contributed by atoms with E-state index in [0.29, 0.717) is 12.1 Å². The zero-order valence-electron chi connectivity index (χ0n) is 9.10. The molecule has 4 nitrogen and oxygen atoms in total. The predicted octanol–water partition coefficient (Wildman–Crippen LogP) is 0.955. The van der Waals surface area contributed by atoms with Crippen LogP contribution in [0.2, 0.25) is 0 Å². The number of hydrogen-bond donors (Lipinski definition) is 2. The number of hydrogen-bond acceptors (Lipinski definition) is 3. The Balaban J connectivity index is 2.15. The van der Waals surface area contributed by atoms with E-state index in [1.807, 2.05) is 4.90 Å². The Morgan fingerprint density at radius 3 is 2.75 bits per heavy atom. The van der Waals surface area contributed by atoms with Crippen molar-refractivity contribution in [3.05, 3.63) is 29.8 Å². The standard InChI is InChI=1S/C12H16N2O2/c13-8-10-2-1-7-14(10)12(16)9-3-5-11(15)6-4-9/h3-6,10,15H,1-2,7-8,13H2. The largest absolute Gasteiger partial charge is 0.508 e. The fraction of sp³-hybridized carbons (Fsp3) is 0.417. The number of aromatic hydroxyl groups is 1. The summed E-state index contributed by atoms with van der Waals surface area (Å²) in [6.45, 7) is 1.30. The molecule has 1 fully saturated rings. The first-order valence-corrected chi connectivity index (χ1v) is 5.52. The summed E-state index contributed by atoms with van der Waals surface area (Å²) >= 11 is 0. The summed E-state index contributed by atoms with van der Waals surface area (Å²) in [5, 5.41) is 9.16. The van der Waals surface area contributed by atoms with E-state index in [9.17, 15) is 4.79 Å². The summed E-state index contributed by atoms with van der Waals surface area (Å²) in [6.07, 6.45) is 2.01. The molecule has 3 N–H and O–H groups in total. The van der Waals surface area contributed by atoms with E-state index < -0.39 is 0 Å². The number of phenols is 1. The van der Waals surface area contributed by atoms with Crippen LogP contribution in [0.3, 0.4) is 0 Å². The number of nitrogens with zero attached hydrogens (tertiary/aromatic N) is 1. The van der Waals surface area contributed by atoms with Gasteiger partial charge in [-0.1, -0.05) is 0 Å². The van der Waals surface area contributed by atoms with Gasteiger partial charge >= 0.3 is 0 Å². The topological polar surface area (TPSA) is 66.6 Å². The number of likely N-dealkylation sites (tertiary alicyclic amines) is 1. The molecule has 4 heteroatoms. The Hall–Kier alpha value is -1.55. The lowest BCUT2D eigenvalue weighted by atomic mass is 10.1. The maximum atomic E-state index is 12.1. The second kappa shape index (κ2) is 4.53. The Kier molecular flexibility index (Phi) is 3.10. The number of phenolic OH excluding ortho intramolecular Hbond substituents is 1. The highest BCUT2D eigenvalue weighted by molar-refractivity contribution is 5.94. The van der Waals surface area contributed by atoms with Crippen LogP contribution in [-0.4, -0.2) is 35.0 Å². The van der Waals surface area contributed by atoms with Gasteiger partial charge in [0, 0.05) is 24.7 Å². The summed E-state index contributed by atoms with van der Waals surface area (Å²) in [5.41, 5.74) is 6.24. The highest BCUT2D eigenvalue weighted by Gasteiger charge is 2.27. The van der Waals surface area contributed by atoms with Crippen LogP contribution >= 0.6 is 0 Å². The highest BCUT2D eigenvalue weighted by atomic mass is 16.3. The van der Waals surface area contributed by atoms with Gasteiger partial charge in [0.15, 0.2) is 0 Å². The van der Waals surface area contributed by atoms with Gasteiger partial charge in [0.25, 0.3) is 5.91 Å². The van der Waals surface area contributed by atoms with Crippen molar-refractivity contribution in [2.45, 2.75) is 18.9 Å². The minimum absolute atomic E-state index is 0.00736. The lowest BCUT2D eigenvalue weighted by Gasteiger charge is -2.23. The van der Waals surface area contributed by atoms with Crippen molar-refractivity contribution in [2.75, 3.05) is 13.1 Å². The molecule has 1 saturated heterocycles. The Morgan fingerprint density at radius 2 is 2.12 bits per heavy atom. The third kappa shape index (κ3) is 2.02. The quantitative estimate of drug-likeness (QED) is 0.780. The molecule has 0 bridgehead atoms. The summed E-state index contributed by atoms with van der Waals surface area (Å²) in [5.74, 6) is 0.182. The van der Waals surface area contributed by atoms with Crippen LogP contribution in [0, 0.1) is 0 Å². The molecule has 1 aliphatic rings. The molecule has 0 radical (unpaired) electrons. The molecular weight excluding hydrogens is 204 g/mol. The average Bonchev–Trinajstić information content (AvgIpc) is 2.77. The van der Waals surface area contributed by atoms with Crippen LogP contribution in [0.25, 0.3) is 0 Å². The van der Waals surface area contributed by atoms with Crippen LogP contribution in [0.1, 0.15) is 23.2 Å². The fourth-order valence-electron chi connectivity index (χ4n) is 2.12. The van der Waals surface area contributed by atoms with E-state index in [2.05, 4.69) is 0 Å². The third-order valence-electron chi connectivity index (χ3n) is 3.02. The zero-order valence-corrected chi connectivity index (χ0v) is 9.10. The fourth-order valence-corrected chi connectivity index (χ4v) is 2.12. The maximum absolute atomic E-state index is 12.1. The molecule has 1 aliphatic heterocycles. The van der Waals surface area contributed by atoms with Crippen molar-refractivity contribution < 1.29 is 9.90 Å². The maximum Gasteiger partial charge on any atom is 0.254 e. The molecule has 86 valence electrons. The van der Waals surface area contributed by atoms with E-state index in [1.165, 1.54) is 12.1 Å². The van der Waals surface area contributed by atoms with Gasteiger partial charge in [0.2, 0.25) is 0 Å². The van der Waals surface area contributed by atoms with Gasteiger partial charge < -0.3 is 15.7 Å². The van der Waals surface area contributed by atoms with E-state index in [4.69, 9.17) is 10.8 Å². The molecule has 0 spiro atoms. The van der Waals surface area contributed by atoms with Crippen LogP contribution in [0.5, 0.6) is 5.75 Å². The lowest BCUT2D eigenvalue weighted by molar-refractivity contribution is 0.0741. The van der Waals surface area contributed by atoms with Crippen molar-refractivity contribution in [2.24, 2.45) is 5.73 Å². The van der Waals surface area contributed by atoms with Crippen LogP contribution in [0.4, 0.5) is 0 Å². The summed E-state index contributed by atoms with van der Waals surface area (Å²) in [4.78, 5) is 13.9. The first kappa shape index (κ1) is 11.0. The van der Waals surface area contributed by atoms with Crippen molar-refractivity contribution in [1.82, 2.24) is 4.90 Å². The molecule has 1 heterocycles. The van der Waals surface area contributed by atoms with Gasteiger partial charge in [-0.05, 0) is 37.1 Å². The normalized spacial score (nSPS) is 20.1. The lowest BCUT2D eigenvalue weighted by Crippen LogP contribution is -2.39. The van der Waals surface area contributed by atoms with Gasteiger partial charge in [-0.25, -0.2) is 0 Å². The average molecular weight is 220 g/mol. The van der Waals surface area contributed by atoms with E-state index >= 15 is 0 Å². The van der Waals surface area contributed by atoms with Crippen molar-refractivity contribution in [1.29, 1.82) is 0 Å². The monoisotopic (exact) mass is 220 g/mol. The number of benzene rings is 1. The molecular formula is C12H16N2O2. The second-order valence-corrected chi connectivity index (χ2v) is 4.08. The summed E-state index contributed by atoms with van der Waals surface area (Å²) < 4.78 is 0. The van der Waals surface area contributed by atoms with Gasteiger partial charge in [-0.2, -0.15) is 0 Å². The van der Waals surface area contributed by atoms with Crippen LogP contribution < -0.4 is 5.73 Å². The first-order chi connectivity index (χ1) is 7.72. The minimum atomic E-state index is 0.00736. The summed E-state index contributed by atoms with van der Waals surface area (Å²) in [7, 11) is 0. The van der Waals surface area contributed by atoms with Crippen molar-refractivity contribution in [3.63, 3.8) is 0 Å². The molecule has 0 saturated carbocycles. The van der Waals surface area contributed by atoms with E-state index in [0.717, 1.165) is 19.4 Å². The molecule has 1 aromatic carbocycles. The Labute approximate surface area is 94.7 Å². The Bertz CT molecular complexity index is 375. The van der Waals surface area contributed by atoms with Gasteiger partial charge in [-0.15, -0.1) is 0 Å². The van der Waals surface area contributed by atoms with Crippen molar-refractivity contribution >= 4 is 5.91 Å². The molecule has 16 heavy (non-hydrogen) atoms. The second-order valence-electron chi connectivity index (χ2n) is 4.08. The SMILES string of the molecule is NCC1CCCN1C(=O)c1ccc(O)cc1. The van der Waals surface area contributed by atoms with E-state index in [1.54, 1.807) is 12.1 Å². The zero-order chi connectivity index (χ0) is 11.5. The van der Waals surface area contributed by atoms with Crippen LogP contribution in [0.15, 0.2) is 24.3 Å². The number of carbonyl (C=O) groups excluding carboxylic acids is 1. The minimum Gasteiger partial charge on any atom is -0.508 e. The van der Waals surface area contributed by atoms with Gasteiger partial charge in [-0.3, -0.25) is 4.79 Å². The molecule has 0 aromatic heterocycles. The molecule has 1 amide bonds. The first-order valence-electron chi connectivity index (χ1n) is 5.52. The Morgan fingerprint density at radius 1 is 1.44 bits per heavy atom. The number of amides is 1. The molecule has 1 unspecified atom stereocenters. The smallest absolute Gasteiger partial charge is 0.254 e. The molecule has 1 atom stereocenters. The van der Waals surface area contributed by atoms with E-state index in [-0.39, 0.29) is 17.7 Å². The van der Waals surface area contributed by atoms with Gasteiger partial charge in [0.1, 0.15) is 5.75 Å². The molecule has 1 aromatic rings. The number of nitrogens with two attached hydrogens (primary N) is 1. The van der Waals surface area contributed by atoms with Crippen molar-refractivity contribution in [3.8, 4) is 5.75 Å². The third-order valence-corrected chi connectivity index (χ3v) is 3.02. The predicted molar refractivity (Wildman–Crippen MR) is 61.2 cm³/mol. The molecule has 2 rings (SSSR count). The van der Waals surface area contributed by atoms with Gasteiger partial charge in [0.05, 0.1) is 0 Å². The number of rotatable bonds is 2. The van der Waals surface area contributed by atoms with Crippen LogP contribution in [-0.2, 0) is 0 Å². The molecule has 0 aliphatic carbocycles. The highest BCUT2D eigenvalue weighted by Crippen LogP contribution is 2.20.